The van der Waals surface area contributed by atoms with E-state index < -0.39 is 10.2 Å². The molecular weight excluding hydrogens is 304 g/mol. The molecule has 0 bridgehead atoms. The molecule has 1 aliphatic heterocycles. The molecule has 0 radical (unpaired) electrons. The first-order valence-electron chi connectivity index (χ1n) is 7.45. The van der Waals surface area contributed by atoms with Crippen molar-refractivity contribution in [3.05, 3.63) is 23.9 Å². The highest BCUT2D eigenvalue weighted by Crippen LogP contribution is 2.12. The van der Waals surface area contributed by atoms with Crippen LogP contribution in [0.5, 0.6) is 0 Å². The van der Waals surface area contributed by atoms with E-state index in [-0.39, 0.29) is 18.9 Å². The van der Waals surface area contributed by atoms with Crippen LogP contribution < -0.4 is 10.0 Å². The van der Waals surface area contributed by atoms with E-state index in [0.29, 0.717) is 18.9 Å². The second-order valence-corrected chi connectivity index (χ2v) is 7.08. The summed E-state index contributed by atoms with van der Waals surface area (Å²) in [5.41, 5.74) is 0.866. The Balaban J connectivity index is 1.78. The van der Waals surface area contributed by atoms with Gasteiger partial charge in [0, 0.05) is 32.3 Å². The second-order valence-electron chi connectivity index (χ2n) is 5.33. The third-order valence-electron chi connectivity index (χ3n) is 3.56. The van der Waals surface area contributed by atoms with Crippen molar-refractivity contribution in [2.45, 2.75) is 32.6 Å². The predicted molar refractivity (Wildman–Crippen MR) is 84.6 cm³/mol. The van der Waals surface area contributed by atoms with Crippen molar-refractivity contribution >= 4 is 21.9 Å². The molecule has 7 nitrogen and oxygen atoms in total. The largest absolute Gasteiger partial charge is 0.310 e. The molecule has 0 atom stereocenters. The summed E-state index contributed by atoms with van der Waals surface area (Å²) in [5.74, 6) is 0.245. The smallest absolute Gasteiger partial charge is 0.279 e. The molecule has 0 saturated carbocycles. The van der Waals surface area contributed by atoms with Crippen molar-refractivity contribution in [2.75, 3.05) is 25.0 Å². The van der Waals surface area contributed by atoms with Crippen molar-refractivity contribution in [3.8, 4) is 0 Å². The third kappa shape index (κ3) is 4.75. The van der Waals surface area contributed by atoms with Crippen LogP contribution in [0.4, 0.5) is 5.82 Å². The highest BCUT2D eigenvalue weighted by molar-refractivity contribution is 7.87. The number of hydrogen-bond donors (Lipinski definition) is 2. The highest BCUT2D eigenvalue weighted by Gasteiger charge is 2.23. The number of anilines is 1. The van der Waals surface area contributed by atoms with Crippen molar-refractivity contribution in [2.24, 2.45) is 0 Å². The van der Waals surface area contributed by atoms with E-state index >= 15 is 0 Å². The highest BCUT2D eigenvalue weighted by atomic mass is 32.2. The van der Waals surface area contributed by atoms with Gasteiger partial charge < -0.3 is 5.32 Å². The maximum atomic E-state index is 12.1. The first-order valence-corrected chi connectivity index (χ1v) is 8.89. The van der Waals surface area contributed by atoms with Crippen molar-refractivity contribution in [1.29, 1.82) is 0 Å². The Morgan fingerprint density at radius 2 is 2.05 bits per heavy atom. The Hall–Kier alpha value is -1.51. The number of amides is 1. The zero-order valence-electron chi connectivity index (χ0n) is 12.7. The van der Waals surface area contributed by atoms with Crippen LogP contribution >= 0.6 is 0 Å². The van der Waals surface area contributed by atoms with Crippen LogP contribution in [-0.2, 0) is 15.0 Å². The Morgan fingerprint density at radius 1 is 1.32 bits per heavy atom. The number of piperidine rings is 1. The molecule has 2 heterocycles. The SMILES string of the molecule is Cc1cccnc1NC(=O)CCNS(=O)(=O)N1CCCCC1. The average molecular weight is 326 g/mol. The number of aromatic nitrogens is 1. The Bertz CT molecular complexity index is 612. The van der Waals surface area contributed by atoms with Crippen molar-refractivity contribution < 1.29 is 13.2 Å². The first kappa shape index (κ1) is 16.9. The average Bonchev–Trinajstić information content (AvgIpc) is 2.50. The zero-order chi connectivity index (χ0) is 16.0. The number of hydrogen-bond acceptors (Lipinski definition) is 4. The van der Waals surface area contributed by atoms with E-state index in [1.165, 1.54) is 4.31 Å². The minimum atomic E-state index is -3.47. The van der Waals surface area contributed by atoms with Gasteiger partial charge in [-0.05, 0) is 31.4 Å². The summed E-state index contributed by atoms with van der Waals surface area (Å²) in [6.45, 7) is 3.03. The molecule has 1 amide bonds. The predicted octanol–water partition coefficient (Wildman–Crippen LogP) is 1.04. The number of nitrogens with one attached hydrogen (secondary N) is 2. The lowest BCUT2D eigenvalue weighted by Crippen LogP contribution is -2.44. The van der Waals surface area contributed by atoms with Crippen LogP contribution in [0.3, 0.4) is 0 Å². The monoisotopic (exact) mass is 326 g/mol. The van der Waals surface area contributed by atoms with Gasteiger partial charge in [0.05, 0.1) is 0 Å². The number of pyridine rings is 1. The van der Waals surface area contributed by atoms with E-state index in [2.05, 4.69) is 15.0 Å². The molecule has 8 heteroatoms. The molecule has 0 aromatic carbocycles. The number of carbonyl (C=O) groups excluding carboxylic acids is 1. The van der Waals surface area contributed by atoms with Gasteiger partial charge in [0.1, 0.15) is 5.82 Å². The Morgan fingerprint density at radius 3 is 2.73 bits per heavy atom. The maximum absolute atomic E-state index is 12.1. The lowest BCUT2D eigenvalue weighted by molar-refractivity contribution is -0.116. The van der Waals surface area contributed by atoms with Crippen molar-refractivity contribution in [3.63, 3.8) is 0 Å². The molecule has 22 heavy (non-hydrogen) atoms. The maximum Gasteiger partial charge on any atom is 0.279 e. The van der Waals surface area contributed by atoms with Gasteiger partial charge in [-0.3, -0.25) is 4.79 Å². The van der Waals surface area contributed by atoms with Gasteiger partial charge in [-0.15, -0.1) is 0 Å². The first-order chi connectivity index (χ1) is 10.5. The van der Waals surface area contributed by atoms with Gasteiger partial charge >= 0.3 is 0 Å². The number of rotatable bonds is 6. The molecule has 2 N–H and O–H groups in total. The number of carbonyl (C=O) groups is 1. The second kappa shape index (κ2) is 7.66. The lowest BCUT2D eigenvalue weighted by atomic mass is 10.2. The van der Waals surface area contributed by atoms with Crippen LogP contribution in [0.25, 0.3) is 0 Å². The van der Waals surface area contributed by atoms with Gasteiger partial charge in [0.25, 0.3) is 10.2 Å². The summed E-state index contributed by atoms with van der Waals surface area (Å²) < 4.78 is 28.0. The van der Waals surface area contributed by atoms with Gasteiger partial charge in [-0.25, -0.2) is 9.71 Å². The van der Waals surface area contributed by atoms with Crippen molar-refractivity contribution in [1.82, 2.24) is 14.0 Å². The summed E-state index contributed by atoms with van der Waals surface area (Å²) in [7, 11) is -3.47. The van der Waals surface area contributed by atoms with E-state index in [1.54, 1.807) is 12.3 Å². The number of aryl methyl sites for hydroxylation is 1. The van der Waals surface area contributed by atoms with Gasteiger partial charge in [-0.2, -0.15) is 12.7 Å². The zero-order valence-corrected chi connectivity index (χ0v) is 13.5. The molecule has 1 fully saturated rings. The normalized spacial score (nSPS) is 16.4. The van der Waals surface area contributed by atoms with Crippen LogP contribution in [0, 0.1) is 6.92 Å². The van der Waals surface area contributed by atoms with Crippen LogP contribution in [-0.4, -0.2) is 43.2 Å². The molecule has 0 unspecified atom stereocenters. The minimum absolute atomic E-state index is 0.0725. The Labute approximate surface area is 131 Å². The summed E-state index contributed by atoms with van der Waals surface area (Å²) in [5, 5.41) is 2.68. The topological polar surface area (TPSA) is 91.4 Å². The van der Waals surface area contributed by atoms with E-state index in [1.807, 2.05) is 13.0 Å². The van der Waals surface area contributed by atoms with Gasteiger partial charge in [0.15, 0.2) is 0 Å². The third-order valence-corrected chi connectivity index (χ3v) is 5.17. The van der Waals surface area contributed by atoms with Crippen LogP contribution in [0.2, 0.25) is 0 Å². The molecule has 1 aromatic rings. The van der Waals surface area contributed by atoms with E-state index in [9.17, 15) is 13.2 Å². The van der Waals surface area contributed by atoms with E-state index in [0.717, 1.165) is 24.8 Å². The Kier molecular flexibility index (Phi) is 5.87. The molecule has 122 valence electrons. The molecule has 1 aliphatic rings. The molecule has 2 rings (SSSR count). The fraction of sp³-hybridized carbons (Fsp3) is 0.571. The minimum Gasteiger partial charge on any atom is -0.310 e. The van der Waals surface area contributed by atoms with Gasteiger partial charge in [0.2, 0.25) is 5.91 Å². The standard InChI is InChI=1S/C14H22N4O3S/c1-12-6-5-8-15-14(12)17-13(19)7-9-16-22(20,21)18-10-3-2-4-11-18/h5-6,8,16H,2-4,7,9-11H2,1H3,(H,15,17,19). The fourth-order valence-corrected chi connectivity index (χ4v) is 3.58. The number of nitrogens with zero attached hydrogens (tertiary/aromatic N) is 2. The molecule has 1 saturated heterocycles. The van der Waals surface area contributed by atoms with E-state index in [4.69, 9.17) is 0 Å². The van der Waals surface area contributed by atoms with Crippen LogP contribution in [0.1, 0.15) is 31.2 Å². The molecule has 0 aliphatic carbocycles. The lowest BCUT2D eigenvalue weighted by Gasteiger charge is -2.25. The molecule has 0 spiro atoms. The fourth-order valence-electron chi connectivity index (χ4n) is 2.30. The molecular formula is C14H22N4O3S. The van der Waals surface area contributed by atoms with Gasteiger partial charge in [-0.1, -0.05) is 12.5 Å². The summed E-state index contributed by atoms with van der Waals surface area (Å²) in [4.78, 5) is 15.9. The summed E-state index contributed by atoms with van der Waals surface area (Å²) in [6.07, 6.45) is 4.52. The molecule has 1 aromatic heterocycles. The summed E-state index contributed by atoms with van der Waals surface area (Å²) >= 11 is 0. The quantitative estimate of drug-likeness (QED) is 0.817. The summed E-state index contributed by atoms with van der Waals surface area (Å²) in [6, 6.07) is 3.64. The van der Waals surface area contributed by atoms with Crippen LogP contribution in [0.15, 0.2) is 18.3 Å².